The second-order valence-corrected chi connectivity index (χ2v) is 6.78. The summed E-state index contributed by atoms with van der Waals surface area (Å²) in [4.78, 5) is 4.70. The zero-order valence-corrected chi connectivity index (χ0v) is 13.9. The third kappa shape index (κ3) is 3.20. The lowest BCUT2D eigenvalue weighted by Crippen LogP contribution is -2.18. The third-order valence-electron chi connectivity index (χ3n) is 4.26. The second-order valence-electron chi connectivity index (χ2n) is 5.89. The minimum absolute atomic E-state index is 0.208. The largest absolute Gasteiger partial charge is 0.454 e. The van der Waals surface area contributed by atoms with Crippen LogP contribution in [0.3, 0.4) is 0 Å². The van der Waals surface area contributed by atoms with E-state index in [1.165, 1.54) is 5.56 Å². The van der Waals surface area contributed by atoms with Gasteiger partial charge in [0, 0.05) is 24.6 Å². The highest BCUT2D eigenvalue weighted by Gasteiger charge is 2.21. The Hall–Kier alpha value is -1.63. The number of fused-ring (bicyclic) bond motifs is 1. The van der Waals surface area contributed by atoms with Crippen molar-refractivity contribution in [2.75, 3.05) is 13.4 Å². The van der Waals surface area contributed by atoms with Crippen molar-refractivity contribution in [3.05, 3.63) is 39.8 Å². The molecule has 2 aliphatic rings. The molecule has 0 unspecified atom stereocenters. The Labute approximate surface area is 139 Å². The first-order chi connectivity index (χ1) is 11.3. The van der Waals surface area contributed by atoms with Gasteiger partial charge in [-0.25, -0.2) is 4.98 Å². The zero-order chi connectivity index (χ0) is 15.6. The third-order valence-corrected chi connectivity index (χ3v) is 5.25. The van der Waals surface area contributed by atoms with E-state index in [2.05, 4.69) is 23.7 Å². The molecule has 23 heavy (non-hydrogen) atoms. The SMILES string of the molecule is C[C@@H](NCc1csc([C@@H]2CCCO2)n1)c1ccc2c(c1)OCO2. The van der Waals surface area contributed by atoms with Crippen molar-refractivity contribution in [3.63, 3.8) is 0 Å². The van der Waals surface area contributed by atoms with Gasteiger partial charge in [0.15, 0.2) is 11.5 Å². The topological polar surface area (TPSA) is 52.6 Å². The molecule has 1 N–H and O–H groups in total. The van der Waals surface area contributed by atoms with E-state index < -0.39 is 0 Å². The molecule has 2 atom stereocenters. The first-order valence-electron chi connectivity index (χ1n) is 7.98. The van der Waals surface area contributed by atoms with Crippen molar-refractivity contribution in [2.45, 2.75) is 38.5 Å². The molecule has 0 saturated carbocycles. The van der Waals surface area contributed by atoms with Crippen LogP contribution in [0.15, 0.2) is 23.6 Å². The molecule has 0 amide bonds. The summed E-state index contributed by atoms with van der Waals surface area (Å²) in [6.07, 6.45) is 2.44. The van der Waals surface area contributed by atoms with Crippen LogP contribution in [0.5, 0.6) is 11.5 Å². The predicted molar refractivity (Wildman–Crippen MR) is 87.9 cm³/mol. The summed E-state index contributed by atoms with van der Waals surface area (Å²) >= 11 is 1.70. The van der Waals surface area contributed by atoms with E-state index in [0.29, 0.717) is 6.79 Å². The van der Waals surface area contributed by atoms with Crippen LogP contribution < -0.4 is 14.8 Å². The van der Waals surface area contributed by atoms with Gasteiger partial charge < -0.3 is 19.5 Å². The quantitative estimate of drug-likeness (QED) is 0.907. The first-order valence-corrected chi connectivity index (χ1v) is 8.86. The number of nitrogens with one attached hydrogen (secondary N) is 1. The highest BCUT2D eigenvalue weighted by molar-refractivity contribution is 7.09. The van der Waals surface area contributed by atoms with E-state index in [-0.39, 0.29) is 12.1 Å². The van der Waals surface area contributed by atoms with Gasteiger partial charge in [-0.2, -0.15) is 0 Å². The molecule has 1 fully saturated rings. The van der Waals surface area contributed by atoms with Crippen molar-refractivity contribution in [1.82, 2.24) is 10.3 Å². The summed E-state index contributed by atoms with van der Waals surface area (Å²) in [5.41, 5.74) is 2.26. The van der Waals surface area contributed by atoms with Gasteiger partial charge in [0.2, 0.25) is 6.79 Å². The van der Waals surface area contributed by atoms with Crippen LogP contribution in [0, 0.1) is 0 Å². The van der Waals surface area contributed by atoms with Gasteiger partial charge in [-0.1, -0.05) is 6.07 Å². The number of ether oxygens (including phenoxy) is 3. The monoisotopic (exact) mass is 332 g/mol. The molecular formula is C17H20N2O3S. The van der Waals surface area contributed by atoms with E-state index >= 15 is 0 Å². The number of thiazole rings is 1. The second kappa shape index (κ2) is 6.47. The summed E-state index contributed by atoms with van der Waals surface area (Å²) in [5, 5.41) is 6.75. The van der Waals surface area contributed by atoms with Crippen LogP contribution in [0.4, 0.5) is 0 Å². The molecule has 5 nitrogen and oxygen atoms in total. The fourth-order valence-electron chi connectivity index (χ4n) is 2.88. The van der Waals surface area contributed by atoms with Crippen molar-refractivity contribution in [1.29, 1.82) is 0 Å². The minimum atomic E-state index is 0.208. The maximum atomic E-state index is 5.69. The Balaban J connectivity index is 1.37. The molecule has 6 heteroatoms. The van der Waals surface area contributed by atoms with E-state index in [9.17, 15) is 0 Å². The van der Waals surface area contributed by atoms with Crippen molar-refractivity contribution in [3.8, 4) is 11.5 Å². The Bertz CT molecular complexity index is 682. The molecule has 122 valence electrons. The normalized spacial score (nSPS) is 20.8. The lowest BCUT2D eigenvalue weighted by Gasteiger charge is -2.14. The summed E-state index contributed by atoms with van der Waals surface area (Å²) in [6.45, 7) is 4.06. The van der Waals surface area contributed by atoms with Crippen LogP contribution in [0.2, 0.25) is 0 Å². The fraction of sp³-hybridized carbons (Fsp3) is 0.471. The summed E-state index contributed by atoms with van der Waals surface area (Å²) in [6, 6.07) is 6.30. The highest BCUT2D eigenvalue weighted by atomic mass is 32.1. The molecule has 3 heterocycles. The van der Waals surface area contributed by atoms with Gasteiger partial charge in [-0.3, -0.25) is 0 Å². The summed E-state index contributed by atoms with van der Waals surface area (Å²) < 4.78 is 16.5. The lowest BCUT2D eigenvalue weighted by atomic mass is 10.1. The highest BCUT2D eigenvalue weighted by Crippen LogP contribution is 2.34. The Morgan fingerprint density at radius 2 is 2.26 bits per heavy atom. The number of rotatable bonds is 5. The van der Waals surface area contributed by atoms with Gasteiger partial charge in [-0.15, -0.1) is 11.3 Å². The molecule has 2 aromatic rings. The maximum absolute atomic E-state index is 5.69. The van der Waals surface area contributed by atoms with Gasteiger partial charge in [0.05, 0.1) is 5.69 Å². The van der Waals surface area contributed by atoms with Gasteiger partial charge in [0.25, 0.3) is 0 Å². The van der Waals surface area contributed by atoms with Gasteiger partial charge >= 0.3 is 0 Å². The first kappa shape index (κ1) is 14.9. The molecule has 0 spiro atoms. The average molecular weight is 332 g/mol. The predicted octanol–water partition coefficient (Wildman–Crippen LogP) is 3.57. The van der Waals surface area contributed by atoms with Crippen molar-refractivity contribution >= 4 is 11.3 Å². The molecule has 0 aliphatic carbocycles. The van der Waals surface area contributed by atoms with Crippen molar-refractivity contribution < 1.29 is 14.2 Å². The maximum Gasteiger partial charge on any atom is 0.231 e. The molecule has 2 aliphatic heterocycles. The molecule has 1 aromatic carbocycles. The van der Waals surface area contributed by atoms with E-state index in [4.69, 9.17) is 19.2 Å². The van der Waals surface area contributed by atoms with Crippen LogP contribution >= 0.6 is 11.3 Å². The Kier molecular flexibility index (Phi) is 4.20. The van der Waals surface area contributed by atoms with E-state index in [0.717, 1.165) is 48.2 Å². The minimum Gasteiger partial charge on any atom is -0.454 e. The van der Waals surface area contributed by atoms with Crippen molar-refractivity contribution in [2.24, 2.45) is 0 Å². The van der Waals surface area contributed by atoms with Crippen LogP contribution in [0.25, 0.3) is 0 Å². The Morgan fingerprint density at radius 1 is 1.35 bits per heavy atom. The van der Waals surface area contributed by atoms with E-state index in [1.54, 1.807) is 11.3 Å². The van der Waals surface area contributed by atoms with Crippen LogP contribution in [-0.4, -0.2) is 18.4 Å². The number of hydrogen-bond acceptors (Lipinski definition) is 6. The molecule has 4 rings (SSSR count). The van der Waals surface area contributed by atoms with Crippen LogP contribution in [-0.2, 0) is 11.3 Å². The number of hydrogen-bond donors (Lipinski definition) is 1. The zero-order valence-electron chi connectivity index (χ0n) is 13.1. The molecule has 0 radical (unpaired) electrons. The molecule has 1 saturated heterocycles. The number of aromatic nitrogens is 1. The van der Waals surface area contributed by atoms with Crippen LogP contribution in [0.1, 0.15) is 48.2 Å². The molecule has 0 bridgehead atoms. The average Bonchev–Trinajstić information content (AvgIpc) is 3.32. The number of nitrogens with zero attached hydrogens (tertiary/aromatic N) is 1. The fourth-order valence-corrected chi connectivity index (χ4v) is 3.78. The van der Waals surface area contributed by atoms with E-state index in [1.807, 2.05) is 12.1 Å². The van der Waals surface area contributed by atoms with Gasteiger partial charge in [-0.05, 0) is 37.5 Å². The lowest BCUT2D eigenvalue weighted by molar-refractivity contribution is 0.111. The number of benzene rings is 1. The Morgan fingerprint density at radius 3 is 3.13 bits per heavy atom. The standard InChI is InChI=1S/C17H20N2O3S/c1-11(12-4-5-14-16(7-12)22-10-21-14)18-8-13-9-23-17(19-13)15-3-2-6-20-15/h4-5,7,9,11,15,18H,2-3,6,8,10H2,1H3/t11-,15+/m1/s1. The van der Waals surface area contributed by atoms with Gasteiger partial charge in [0.1, 0.15) is 11.1 Å². The smallest absolute Gasteiger partial charge is 0.231 e. The molecule has 1 aromatic heterocycles. The summed E-state index contributed by atoms with van der Waals surface area (Å²) in [7, 11) is 0. The molecular weight excluding hydrogens is 312 g/mol. The summed E-state index contributed by atoms with van der Waals surface area (Å²) in [5.74, 6) is 1.65.